The molecule has 1 aromatic rings. The van der Waals surface area contributed by atoms with Crippen molar-refractivity contribution in [3.05, 3.63) is 34.3 Å². The lowest BCUT2D eigenvalue weighted by molar-refractivity contribution is -0.132. The number of halogens is 1. The molecule has 4 rings (SSSR count). The lowest BCUT2D eigenvalue weighted by Gasteiger charge is -2.36. The lowest BCUT2D eigenvalue weighted by atomic mass is 9.97. The third-order valence-corrected chi connectivity index (χ3v) is 6.06. The fraction of sp³-hybridized carbons (Fsp3) is 0.556. The van der Waals surface area contributed by atoms with Crippen molar-refractivity contribution in [2.75, 3.05) is 7.05 Å². The number of hydrogen-bond donors (Lipinski definition) is 1. The molecule has 3 unspecified atom stereocenters. The molecule has 2 fully saturated rings. The third kappa shape index (κ3) is 3.09. The number of nitrogens with one attached hydrogen (secondary N) is 1. The predicted molar refractivity (Wildman–Crippen MR) is 95.9 cm³/mol. The maximum absolute atomic E-state index is 12.5. The second kappa shape index (κ2) is 6.48. The van der Waals surface area contributed by atoms with Crippen molar-refractivity contribution in [3.63, 3.8) is 0 Å². The van der Waals surface area contributed by atoms with Crippen LogP contribution < -0.4 is 5.32 Å². The summed E-state index contributed by atoms with van der Waals surface area (Å²) in [5, 5.41) is 7.32. The number of carbonyl (C=O) groups excluding carboxylic acids is 1. The first-order valence-corrected chi connectivity index (χ1v) is 9.40. The van der Waals surface area contributed by atoms with Crippen LogP contribution in [0.25, 0.3) is 0 Å². The molecular weight excluding hydrogens is 370 g/mol. The average molecular weight is 392 g/mol. The second-order valence-electron chi connectivity index (χ2n) is 7.07. The standard InChI is InChI=1S/C18H22BrN3O2/c1-22-14-5-6-15(22)9-13(8-14)20-18(23)17-10-16(21-24-17)11-3-2-4-12(19)7-11/h2-4,7,13-15,17H,5-6,8-10H2,1H3,(H,20,23). The van der Waals surface area contributed by atoms with Crippen molar-refractivity contribution in [1.82, 2.24) is 10.2 Å². The molecule has 24 heavy (non-hydrogen) atoms. The van der Waals surface area contributed by atoms with Crippen LogP contribution in [0.3, 0.4) is 0 Å². The zero-order valence-electron chi connectivity index (χ0n) is 13.7. The summed E-state index contributed by atoms with van der Waals surface area (Å²) in [6, 6.07) is 9.42. The van der Waals surface area contributed by atoms with Crippen molar-refractivity contribution in [2.45, 2.75) is 56.3 Å². The number of rotatable bonds is 3. The monoisotopic (exact) mass is 391 g/mol. The number of amides is 1. The summed E-state index contributed by atoms with van der Waals surface area (Å²) in [5.41, 5.74) is 1.83. The van der Waals surface area contributed by atoms with Gasteiger partial charge in [-0.05, 0) is 44.9 Å². The SMILES string of the molecule is CN1C2CCC1CC(NC(=O)C1CC(c3cccc(Br)c3)=NO1)C2. The van der Waals surface area contributed by atoms with Gasteiger partial charge in [0, 0.05) is 34.6 Å². The van der Waals surface area contributed by atoms with E-state index < -0.39 is 6.10 Å². The Balaban J connectivity index is 1.34. The summed E-state index contributed by atoms with van der Waals surface area (Å²) in [6.45, 7) is 0. The average Bonchev–Trinajstić information content (AvgIpc) is 3.11. The normalized spacial score (nSPS) is 32.3. The number of carbonyl (C=O) groups is 1. The summed E-state index contributed by atoms with van der Waals surface area (Å²) in [6.07, 6.45) is 4.63. The number of benzene rings is 1. The number of piperidine rings is 1. The molecule has 2 saturated heterocycles. The second-order valence-corrected chi connectivity index (χ2v) is 7.99. The van der Waals surface area contributed by atoms with Crippen LogP contribution in [0, 0.1) is 0 Å². The van der Waals surface area contributed by atoms with E-state index in [-0.39, 0.29) is 11.9 Å². The first-order chi connectivity index (χ1) is 11.6. The molecule has 3 atom stereocenters. The van der Waals surface area contributed by atoms with Crippen molar-refractivity contribution in [3.8, 4) is 0 Å². The summed E-state index contributed by atoms with van der Waals surface area (Å²) >= 11 is 3.46. The van der Waals surface area contributed by atoms with Gasteiger partial charge < -0.3 is 15.1 Å². The highest BCUT2D eigenvalue weighted by molar-refractivity contribution is 9.10. The summed E-state index contributed by atoms with van der Waals surface area (Å²) in [7, 11) is 2.21. The van der Waals surface area contributed by atoms with Gasteiger partial charge in [-0.1, -0.05) is 33.2 Å². The smallest absolute Gasteiger partial charge is 0.264 e. The van der Waals surface area contributed by atoms with E-state index in [1.165, 1.54) is 12.8 Å². The van der Waals surface area contributed by atoms with Crippen LogP contribution in [0.4, 0.5) is 0 Å². The van der Waals surface area contributed by atoms with E-state index in [4.69, 9.17) is 4.84 Å². The Kier molecular flexibility index (Phi) is 4.35. The minimum atomic E-state index is -0.503. The Morgan fingerprint density at radius 2 is 2.08 bits per heavy atom. The minimum Gasteiger partial charge on any atom is -0.382 e. The highest BCUT2D eigenvalue weighted by Crippen LogP contribution is 2.34. The highest BCUT2D eigenvalue weighted by Gasteiger charge is 2.40. The Labute approximate surface area is 150 Å². The minimum absolute atomic E-state index is 0.0299. The topological polar surface area (TPSA) is 53.9 Å². The van der Waals surface area contributed by atoms with E-state index in [0.717, 1.165) is 28.6 Å². The van der Waals surface area contributed by atoms with Crippen LogP contribution in [0.15, 0.2) is 33.9 Å². The first kappa shape index (κ1) is 16.1. The van der Waals surface area contributed by atoms with Gasteiger partial charge >= 0.3 is 0 Å². The molecule has 2 bridgehead atoms. The molecule has 0 aliphatic carbocycles. The van der Waals surface area contributed by atoms with E-state index in [9.17, 15) is 4.79 Å². The van der Waals surface area contributed by atoms with E-state index in [1.54, 1.807) is 0 Å². The fourth-order valence-electron chi connectivity index (χ4n) is 4.18. The third-order valence-electron chi connectivity index (χ3n) is 5.56. The first-order valence-electron chi connectivity index (χ1n) is 8.61. The molecule has 128 valence electrons. The van der Waals surface area contributed by atoms with Gasteiger partial charge in [0.15, 0.2) is 0 Å². The van der Waals surface area contributed by atoms with Gasteiger partial charge in [0.25, 0.3) is 5.91 Å². The van der Waals surface area contributed by atoms with Gasteiger partial charge in [0.1, 0.15) is 0 Å². The van der Waals surface area contributed by atoms with E-state index in [1.807, 2.05) is 24.3 Å². The van der Waals surface area contributed by atoms with Gasteiger partial charge in [-0.2, -0.15) is 0 Å². The molecule has 1 aromatic carbocycles. The number of nitrogens with zero attached hydrogens (tertiary/aromatic N) is 2. The molecule has 1 amide bonds. The van der Waals surface area contributed by atoms with E-state index in [0.29, 0.717) is 18.5 Å². The fourth-order valence-corrected chi connectivity index (χ4v) is 4.58. The number of oxime groups is 1. The van der Waals surface area contributed by atoms with Gasteiger partial charge in [-0.25, -0.2) is 0 Å². The molecule has 0 aromatic heterocycles. The van der Waals surface area contributed by atoms with Crippen molar-refractivity contribution >= 4 is 27.5 Å². The zero-order chi connectivity index (χ0) is 16.7. The number of hydrogen-bond acceptors (Lipinski definition) is 4. The molecular formula is C18H22BrN3O2. The zero-order valence-corrected chi connectivity index (χ0v) is 15.3. The van der Waals surface area contributed by atoms with Crippen molar-refractivity contribution in [1.29, 1.82) is 0 Å². The van der Waals surface area contributed by atoms with E-state index in [2.05, 4.69) is 38.4 Å². The van der Waals surface area contributed by atoms with Crippen molar-refractivity contribution in [2.24, 2.45) is 5.16 Å². The van der Waals surface area contributed by atoms with E-state index >= 15 is 0 Å². The summed E-state index contributed by atoms with van der Waals surface area (Å²) < 4.78 is 0.998. The molecule has 6 heteroatoms. The van der Waals surface area contributed by atoms with Gasteiger partial charge in [-0.3, -0.25) is 4.79 Å². The molecule has 5 nitrogen and oxygen atoms in total. The van der Waals surface area contributed by atoms with Crippen LogP contribution >= 0.6 is 15.9 Å². The van der Waals surface area contributed by atoms with Gasteiger partial charge in [0.2, 0.25) is 6.10 Å². The quantitative estimate of drug-likeness (QED) is 0.861. The Morgan fingerprint density at radius 3 is 2.79 bits per heavy atom. The largest absolute Gasteiger partial charge is 0.382 e. The van der Waals surface area contributed by atoms with Crippen LogP contribution in [-0.4, -0.2) is 47.8 Å². The Bertz CT molecular complexity index is 664. The molecule has 3 heterocycles. The van der Waals surface area contributed by atoms with Gasteiger partial charge in [0.05, 0.1) is 5.71 Å². The Morgan fingerprint density at radius 1 is 1.33 bits per heavy atom. The molecule has 1 N–H and O–H groups in total. The number of fused-ring (bicyclic) bond motifs is 2. The van der Waals surface area contributed by atoms with Crippen molar-refractivity contribution < 1.29 is 9.63 Å². The molecule has 3 aliphatic rings. The maximum atomic E-state index is 12.5. The molecule has 0 radical (unpaired) electrons. The van der Waals surface area contributed by atoms with Gasteiger partial charge in [-0.15, -0.1) is 0 Å². The van der Waals surface area contributed by atoms with Crippen LogP contribution in [0.1, 0.15) is 37.7 Å². The lowest BCUT2D eigenvalue weighted by Crippen LogP contribution is -2.50. The summed E-state index contributed by atoms with van der Waals surface area (Å²) in [4.78, 5) is 20.4. The van der Waals surface area contributed by atoms with Crippen LogP contribution in [0.5, 0.6) is 0 Å². The molecule has 0 saturated carbocycles. The summed E-state index contributed by atoms with van der Waals surface area (Å²) in [5.74, 6) is -0.0299. The maximum Gasteiger partial charge on any atom is 0.264 e. The molecule has 3 aliphatic heterocycles. The molecule has 0 spiro atoms. The van der Waals surface area contributed by atoms with Crippen LogP contribution in [-0.2, 0) is 9.63 Å². The Hall–Kier alpha value is -1.40. The van der Waals surface area contributed by atoms with Crippen LogP contribution in [0.2, 0.25) is 0 Å². The highest BCUT2D eigenvalue weighted by atomic mass is 79.9. The predicted octanol–water partition coefficient (Wildman–Crippen LogP) is 2.68.